The van der Waals surface area contributed by atoms with Crippen LogP contribution >= 0.6 is 0 Å². The van der Waals surface area contributed by atoms with Crippen molar-refractivity contribution in [2.75, 3.05) is 39.4 Å². The van der Waals surface area contributed by atoms with Gasteiger partial charge in [-0.1, -0.05) is 6.07 Å². The lowest BCUT2D eigenvalue weighted by Gasteiger charge is -2.38. The first-order valence-electron chi connectivity index (χ1n) is 9.67. The van der Waals surface area contributed by atoms with E-state index in [1.54, 1.807) is 0 Å². The number of piperidine rings is 1. The predicted octanol–water partition coefficient (Wildman–Crippen LogP) is 2.62. The van der Waals surface area contributed by atoms with E-state index in [0.29, 0.717) is 11.3 Å². The summed E-state index contributed by atoms with van der Waals surface area (Å²) in [7, 11) is 0. The van der Waals surface area contributed by atoms with Crippen LogP contribution in [0.15, 0.2) is 18.2 Å². The summed E-state index contributed by atoms with van der Waals surface area (Å²) in [5.41, 5.74) is 2.78. The van der Waals surface area contributed by atoms with Gasteiger partial charge in [-0.05, 0) is 69.2 Å². The smallest absolute Gasteiger partial charge is 0.0547 e. The van der Waals surface area contributed by atoms with E-state index in [4.69, 9.17) is 9.72 Å². The summed E-state index contributed by atoms with van der Waals surface area (Å²) in [6.45, 7) is 9.71. The second-order valence-corrected chi connectivity index (χ2v) is 8.23. The Labute approximate surface area is 146 Å². The average molecular weight is 329 g/mol. The number of aromatic nitrogens is 1. The standard InChI is InChI=1S/C20H31N3O/c1-16-3-2-4-19(22-16)12-23-11-18(14-24-13-17-5-6-17)20(15-23)7-9-21-10-8-20/h2-4,17-18,21H,5-15H2,1H3. The Balaban J connectivity index is 1.40. The molecular formula is C20H31N3O. The molecule has 3 fully saturated rings. The number of hydrogen-bond donors (Lipinski definition) is 1. The zero-order valence-electron chi connectivity index (χ0n) is 15.0. The van der Waals surface area contributed by atoms with Crippen molar-refractivity contribution in [1.29, 1.82) is 0 Å². The van der Waals surface area contributed by atoms with Gasteiger partial charge in [0.05, 0.1) is 12.3 Å². The molecule has 1 N–H and O–H groups in total. The molecule has 1 aromatic heterocycles. The first-order valence-corrected chi connectivity index (χ1v) is 9.67. The fourth-order valence-electron chi connectivity index (χ4n) is 4.56. The highest BCUT2D eigenvalue weighted by atomic mass is 16.5. The number of nitrogens with zero attached hydrogens (tertiary/aromatic N) is 2. The molecule has 0 amide bonds. The number of ether oxygens (including phenoxy) is 1. The van der Waals surface area contributed by atoms with E-state index >= 15 is 0 Å². The molecule has 3 aliphatic rings. The van der Waals surface area contributed by atoms with E-state index < -0.39 is 0 Å². The van der Waals surface area contributed by atoms with Crippen LogP contribution in [0, 0.1) is 24.2 Å². The summed E-state index contributed by atoms with van der Waals surface area (Å²) in [5.74, 6) is 1.55. The molecule has 0 radical (unpaired) electrons. The van der Waals surface area contributed by atoms with Crippen LogP contribution in [0.5, 0.6) is 0 Å². The van der Waals surface area contributed by atoms with Gasteiger partial charge in [-0.15, -0.1) is 0 Å². The van der Waals surface area contributed by atoms with Gasteiger partial charge in [-0.2, -0.15) is 0 Å². The number of nitrogens with one attached hydrogen (secondary N) is 1. The summed E-state index contributed by atoms with van der Waals surface area (Å²) in [5, 5.41) is 3.54. The van der Waals surface area contributed by atoms with E-state index in [-0.39, 0.29) is 0 Å². The molecule has 132 valence electrons. The second-order valence-electron chi connectivity index (χ2n) is 8.23. The Hall–Kier alpha value is -0.970. The molecule has 4 nitrogen and oxygen atoms in total. The molecular weight excluding hydrogens is 298 g/mol. The third kappa shape index (κ3) is 3.81. The highest BCUT2D eigenvalue weighted by Gasteiger charge is 2.46. The van der Waals surface area contributed by atoms with E-state index in [9.17, 15) is 0 Å². The molecule has 1 unspecified atom stereocenters. The minimum atomic E-state index is 0.457. The molecule has 4 rings (SSSR count). The highest BCUT2D eigenvalue weighted by Crippen LogP contribution is 2.44. The maximum Gasteiger partial charge on any atom is 0.0547 e. The van der Waals surface area contributed by atoms with Crippen LogP contribution in [0.4, 0.5) is 0 Å². The summed E-state index contributed by atoms with van der Waals surface area (Å²) < 4.78 is 6.12. The fraction of sp³-hybridized carbons (Fsp3) is 0.750. The molecule has 1 aromatic rings. The molecule has 4 heteroatoms. The topological polar surface area (TPSA) is 37.4 Å². The molecule has 1 saturated carbocycles. The number of pyridine rings is 1. The van der Waals surface area contributed by atoms with Crippen LogP contribution in [-0.4, -0.2) is 49.3 Å². The fourth-order valence-corrected chi connectivity index (χ4v) is 4.56. The molecule has 1 aliphatic carbocycles. The van der Waals surface area contributed by atoms with Crippen LogP contribution in [0.25, 0.3) is 0 Å². The minimum Gasteiger partial charge on any atom is -0.381 e. The van der Waals surface area contributed by atoms with Crippen LogP contribution in [0.2, 0.25) is 0 Å². The Bertz CT molecular complexity index is 552. The van der Waals surface area contributed by atoms with Crippen molar-refractivity contribution >= 4 is 0 Å². The van der Waals surface area contributed by atoms with E-state index in [1.807, 2.05) is 0 Å². The largest absolute Gasteiger partial charge is 0.381 e. The van der Waals surface area contributed by atoms with Gasteiger partial charge < -0.3 is 10.1 Å². The van der Waals surface area contributed by atoms with E-state index in [0.717, 1.165) is 44.5 Å². The van der Waals surface area contributed by atoms with Crippen LogP contribution in [0.1, 0.15) is 37.1 Å². The monoisotopic (exact) mass is 329 g/mol. The zero-order valence-corrected chi connectivity index (χ0v) is 15.0. The van der Waals surface area contributed by atoms with Crippen molar-refractivity contribution < 1.29 is 4.74 Å². The first-order chi connectivity index (χ1) is 11.7. The molecule has 1 spiro atoms. The number of rotatable bonds is 6. The van der Waals surface area contributed by atoms with Crippen LogP contribution in [0.3, 0.4) is 0 Å². The zero-order chi connectivity index (χ0) is 16.4. The van der Waals surface area contributed by atoms with Gasteiger partial charge in [0, 0.05) is 37.9 Å². The van der Waals surface area contributed by atoms with Crippen LogP contribution < -0.4 is 5.32 Å². The SMILES string of the molecule is Cc1cccc(CN2CC(COCC3CC3)C3(CCNCC3)C2)n1. The Morgan fingerprint density at radius 3 is 2.83 bits per heavy atom. The summed E-state index contributed by atoms with van der Waals surface area (Å²) in [6.07, 6.45) is 5.35. The summed E-state index contributed by atoms with van der Waals surface area (Å²) in [6, 6.07) is 6.37. The van der Waals surface area contributed by atoms with Gasteiger partial charge in [0.25, 0.3) is 0 Å². The molecule has 0 aromatic carbocycles. The van der Waals surface area contributed by atoms with E-state index in [2.05, 4.69) is 35.3 Å². The lowest BCUT2D eigenvalue weighted by atomic mass is 9.71. The molecule has 3 heterocycles. The van der Waals surface area contributed by atoms with Crippen molar-refractivity contribution in [3.8, 4) is 0 Å². The average Bonchev–Trinajstić information content (AvgIpc) is 3.33. The first kappa shape index (κ1) is 16.5. The van der Waals surface area contributed by atoms with Crippen LogP contribution in [-0.2, 0) is 11.3 Å². The number of hydrogen-bond acceptors (Lipinski definition) is 4. The normalized spacial score (nSPS) is 27.0. The third-order valence-corrected chi connectivity index (χ3v) is 6.18. The highest BCUT2D eigenvalue weighted by molar-refractivity contribution is 5.11. The quantitative estimate of drug-likeness (QED) is 0.870. The van der Waals surface area contributed by atoms with Gasteiger partial charge in [-0.3, -0.25) is 9.88 Å². The maximum absolute atomic E-state index is 6.12. The van der Waals surface area contributed by atoms with Crippen molar-refractivity contribution in [1.82, 2.24) is 15.2 Å². The molecule has 1 atom stereocenters. The number of aryl methyl sites for hydroxylation is 1. The van der Waals surface area contributed by atoms with Gasteiger partial charge in [-0.25, -0.2) is 0 Å². The summed E-state index contributed by atoms with van der Waals surface area (Å²) >= 11 is 0. The minimum absolute atomic E-state index is 0.457. The summed E-state index contributed by atoms with van der Waals surface area (Å²) in [4.78, 5) is 7.33. The van der Waals surface area contributed by atoms with Crippen molar-refractivity contribution in [2.24, 2.45) is 17.3 Å². The van der Waals surface area contributed by atoms with Gasteiger partial charge in [0.1, 0.15) is 0 Å². The Morgan fingerprint density at radius 1 is 1.25 bits per heavy atom. The number of likely N-dealkylation sites (tertiary alicyclic amines) is 1. The molecule has 24 heavy (non-hydrogen) atoms. The van der Waals surface area contributed by atoms with Crippen molar-refractivity contribution in [3.05, 3.63) is 29.6 Å². The van der Waals surface area contributed by atoms with Crippen molar-refractivity contribution in [2.45, 2.75) is 39.2 Å². The van der Waals surface area contributed by atoms with Gasteiger partial charge >= 0.3 is 0 Å². The van der Waals surface area contributed by atoms with E-state index in [1.165, 1.54) is 44.5 Å². The molecule has 2 aliphatic heterocycles. The van der Waals surface area contributed by atoms with Gasteiger partial charge in [0.15, 0.2) is 0 Å². The third-order valence-electron chi connectivity index (χ3n) is 6.18. The maximum atomic E-state index is 6.12. The predicted molar refractivity (Wildman–Crippen MR) is 95.8 cm³/mol. The molecule has 0 bridgehead atoms. The lowest BCUT2D eigenvalue weighted by Crippen LogP contribution is -2.43. The van der Waals surface area contributed by atoms with Crippen molar-refractivity contribution in [3.63, 3.8) is 0 Å². The molecule has 2 saturated heterocycles. The Kier molecular flexibility index (Phi) is 4.88. The Morgan fingerprint density at radius 2 is 2.08 bits per heavy atom. The van der Waals surface area contributed by atoms with Gasteiger partial charge in [0.2, 0.25) is 0 Å². The second kappa shape index (κ2) is 7.11. The lowest BCUT2D eigenvalue weighted by molar-refractivity contribution is 0.0400.